The molecule has 1 unspecified atom stereocenters. The average molecular weight is 236 g/mol. The second-order valence-electron chi connectivity index (χ2n) is 4.37. The Labute approximate surface area is 105 Å². The van der Waals surface area contributed by atoms with E-state index >= 15 is 0 Å². The molecule has 0 aliphatic rings. The van der Waals surface area contributed by atoms with Crippen molar-refractivity contribution in [3.05, 3.63) is 30.3 Å². The topological polar surface area (TPSA) is 24.5 Å². The first kappa shape index (κ1) is 14.0. The van der Waals surface area contributed by atoms with Gasteiger partial charge in [0.05, 0.1) is 0 Å². The molecule has 3 nitrogen and oxygen atoms in total. The van der Waals surface area contributed by atoms with Gasteiger partial charge in [-0.15, -0.1) is 0 Å². The minimum atomic E-state index is 0.499. The van der Waals surface area contributed by atoms with Gasteiger partial charge in [0.1, 0.15) is 12.4 Å². The lowest BCUT2D eigenvalue weighted by Gasteiger charge is -2.20. The number of hydrogen-bond donors (Lipinski definition) is 1. The molecule has 1 aromatic carbocycles. The maximum absolute atomic E-state index is 5.61. The van der Waals surface area contributed by atoms with E-state index in [1.165, 1.54) is 0 Å². The van der Waals surface area contributed by atoms with Crippen LogP contribution in [-0.4, -0.2) is 44.2 Å². The highest BCUT2D eigenvalue weighted by Gasteiger charge is 2.03. The van der Waals surface area contributed by atoms with E-state index in [4.69, 9.17) is 4.74 Å². The van der Waals surface area contributed by atoms with Crippen LogP contribution < -0.4 is 10.1 Å². The van der Waals surface area contributed by atoms with Gasteiger partial charge < -0.3 is 15.0 Å². The highest BCUT2D eigenvalue weighted by Crippen LogP contribution is 2.07. The number of benzene rings is 1. The normalized spacial score (nSPS) is 12.7. The van der Waals surface area contributed by atoms with Crippen LogP contribution in [0.1, 0.15) is 13.8 Å². The number of para-hydroxylation sites is 1. The third-order valence-electron chi connectivity index (χ3n) is 2.73. The molecule has 1 rings (SSSR count). The first-order valence-electron chi connectivity index (χ1n) is 6.32. The molecule has 0 heterocycles. The second kappa shape index (κ2) is 8.09. The van der Waals surface area contributed by atoms with E-state index in [0.29, 0.717) is 12.6 Å². The van der Waals surface area contributed by atoms with Gasteiger partial charge in [0.25, 0.3) is 0 Å². The fourth-order valence-electron chi connectivity index (χ4n) is 1.65. The molecule has 0 amide bonds. The summed E-state index contributed by atoms with van der Waals surface area (Å²) in [4.78, 5) is 2.30. The van der Waals surface area contributed by atoms with E-state index in [2.05, 4.69) is 31.1 Å². The van der Waals surface area contributed by atoms with Crippen LogP contribution in [0.5, 0.6) is 5.75 Å². The SMILES string of the molecule is CCN(C)CC(C)NCCOc1ccccc1. The van der Waals surface area contributed by atoms with Crippen LogP contribution in [-0.2, 0) is 0 Å². The highest BCUT2D eigenvalue weighted by molar-refractivity contribution is 5.20. The molecule has 17 heavy (non-hydrogen) atoms. The second-order valence-corrected chi connectivity index (χ2v) is 4.37. The molecule has 0 radical (unpaired) electrons. The number of rotatable bonds is 8. The third kappa shape index (κ3) is 6.29. The molecule has 0 aliphatic heterocycles. The Morgan fingerprint density at radius 3 is 2.65 bits per heavy atom. The van der Waals surface area contributed by atoms with Crippen molar-refractivity contribution in [2.24, 2.45) is 0 Å². The predicted molar refractivity (Wildman–Crippen MR) is 72.6 cm³/mol. The quantitative estimate of drug-likeness (QED) is 0.699. The van der Waals surface area contributed by atoms with E-state index in [1.54, 1.807) is 0 Å². The van der Waals surface area contributed by atoms with Crippen molar-refractivity contribution < 1.29 is 4.74 Å². The summed E-state index contributed by atoms with van der Waals surface area (Å²) in [5.74, 6) is 0.938. The smallest absolute Gasteiger partial charge is 0.119 e. The molecule has 0 spiro atoms. The van der Waals surface area contributed by atoms with E-state index < -0.39 is 0 Å². The number of nitrogens with zero attached hydrogens (tertiary/aromatic N) is 1. The summed E-state index contributed by atoms with van der Waals surface area (Å²) < 4.78 is 5.61. The largest absolute Gasteiger partial charge is 0.492 e. The van der Waals surface area contributed by atoms with Crippen molar-refractivity contribution in [3.63, 3.8) is 0 Å². The number of ether oxygens (including phenoxy) is 1. The molecule has 0 saturated carbocycles. The fraction of sp³-hybridized carbons (Fsp3) is 0.571. The van der Waals surface area contributed by atoms with Crippen LogP contribution in [0.3, 0.4) is 0 Å². The Kier molecular flexibility index (Phi) is 6.67. The highest BCUT2D eigenvalue weighted by atomic mass is 16.5. The van der Waals surface area contributed by atoms with Crippen molar-refractivity contribution in [1.82, 2.24) is 10.2 Å². The van der Waals surface area contributed by atoms with Gasteiger partial charge in [0, 0.05) is 19.1 Å². The monoisotopic (exact) mass is 236 g/mol. The Bertz CT molecular complexity index is 290. The number of hydrogen-bond acceptors (Lipinski definition) is 3. The van der Waals surface area contributed by atoms with Crippen molar-refractivity contribution in [2.45, 2.75) is 19.9 Å². The lowest BCUT2D eigenvalue weighted by molar-refractivity contribution is 0.279. The molecule has 0 aromatic heterocycles. The zero-order valence-corrected chi connectivity index (χ0v) is 11.1. The standard InChI is InChI=1S/C14H24N2O/c1-4-16(3)12-13(2)15-10-11-17-14-8-6-5-7-9-14/h5-9,13,15H,4,10-12H2,1-3H3. The van der Waals surface area contributed by atoms with E-state index in [1.807, 2.05) is 30.3 Å². The van der Waals surface area contributed by atoms with Gasteiger partial charge in [-0.25, -0.2) is 0 Å². The van der Waals surface area contributed by atoms with Crippen LogP contribution in [0.25, 0.3) is 0 Å². The Morgan fingerprint density at radius 1 is 1.29 bits per heavy atom. The lowest BCUT2D eigenvalue weighted by Crippen LogP contribution is -2.39. The molecular weight excluding hydrogens is 212 g/mol. The minimum Gasteiger partial charge on any atom is -0.492 e. The summed E-state index contributed by atoms with van der Waals surface area (Å²) in [5, 5.41) is 3.45. The molecule has 1 aromatic rings. The molecular formula is C14H24N2O. The zero-order valence-electron chi connectivity index (χ0n) is 11.1. The van der Waals surface area contributed by atoms with Crippen LogP contribution >= 0.6 is 0 Å². The fourth-order valence-corrected chi connectivity index (χ4v) is 1.65. The van der Waals surface area contributed by atoms with E-state index in [9.17, 15) is 0 Å². The minimum absolute atomic E-state index is 0.499. The van der Waals surface area contributed by atoms with Gasteiger partial charge in [-0.2, -0.15) is 0 Å². The van der Waals surface area contributed by atoms with Crippen LogP contribution in [0.2, 0.25) is 0 Å². The lowest BCUT2D eigenvalue weighted by atomic mass is 10.3. The molecule has 0 bridgehead atoms. The zero-order chi connectivity index (χ0) is 12.5. The molecule has 0 saturated heterocycles. The Hall–Kier alpha value is -1.06. The summed E-state index contributed by atoms with van der Waals surface area (Å²) in [6.07, 6.45) is 0. The summed E-state index contributed by atoms with van der Waals surface area (Å²) in [6.45, 7) is 8.13. The summed E-state index contributed by atoms with van der Waals surface area (Å²) in [5.41, 5.74) is 0. The van der Waals surface area contributed by atoms with Crippen molar-refractivity contribution >= 4 is 0 Å². The molecule has 3 heteroatoms. The number of likely N-dealkylation sites (N-methyl/N-ethyl adjacent to an activating group) is 1. The maximum atomic E-state index is 5.61. The summed E-state index contributed by atoms with van der Waals surface area (Å²) in [7, 11) is 2.14. The average Bonchev–Trinajstić information content (AvgIpc) is 2.36. The molecule has 0 fully saturated rings. The van der Waals surface area contributed by atoms with Gasteiger partial charge in [0.15, 0.2) is 0 Å². The molecule has 96 valence electrons. The molecule has 1 atom stereocenters. The van der Waals surface area contributed by atoms with Gasteiger partial charge in [-0.3, -0.25) is 0 Å². The third-order valence-corrected chi connectivity index (χ3v) is 2.73. The molecule has 0 aliphatic carbocycles. The summed E-state index contributed by atoms with van der Waals surface area (Å²) in [6, 6.07) is 10.4. The number of nitrogens with one attached hydrogen (secondary N) is 1. The van der Waals surface area contributed by atoms with E-state index in [-0.39, 0.29) is 0 Å². The van der Waals surface area contributed by atoms with Crippen molar-refractivity contribution in [2.75, 3.05) is 33.3 Å². The first-order chi connectivity index (χ1) is 8.22. The Morgan fingerprint density at radius 2 is 2.00 bits per heavy atom. The van der Waals surface area contributed by atoms with Gasteiger partial charge in [-0.05, 0) is 32.6 Å². The maximum Gasteiger partial charge on any atom is 0.119 e. The molecule has 1 N–H and O–H groups in total. The van der Waals surface area contributed by atoms with E-state index in [0.717, 1.165) is 25.4 Å². The van der Waals surface area contributed by atoms with Crippen LogP contribution in [0.15, 0.2) is 30.3 Å². The van der Waals surface area contributed by atoms with Crippen LogP contribution in [0.4, 0.5) is 0 Å². The predicted octanol–water partition coefficient (Wildman–Crippen LogP) is 2.00. The summed E-state index contributed by atoms with van der Waals surface area (Å²) >= 11 is 0. The van der Waals surface area contributed by atoms with Gasteiger partial charge in [-0.1, -0.05) is 25.1 Å². The Balaban J connectivity index is 2.08. The van der Waals surface area contributed by atoms with Gasteiger partial charge in [0.2, 0.25) is 0 Å². The van der Waals surface area contributed by atoms with Crippen molar-refractivity contribution in [1.29, 1.82) is 0 Å². The first-order valence-corrected chi connectivity index (χ1v) is 6.32. The van der Waals surface area contributed by atoms with Gasteiger partial charge >= 0.3 is 0 Å². The van der Waals surface area contributed by atoms with Crippen molar-refractivity contribution in [3.8, 4) is 5.75 Å². The van der Waals surface area contributed by atoms with Crippen LogP contribution in [0, 0.1) is 0 Å².